The second kappa shape index (κ2) is 6.39. The molecule has 0 saturated carbocycles. The van der Waals surface area contributed by atoms with Crippen LogP contribution in [0.1, 0.15) is 36.8 Å². The third kappa shape index (κ3) is 3.13. The van der Waals surface area contributed by atoms with E-state index < -0.39 is 0 Å². The number of fused-ring (bicyclic) bond motifs is 1. The van der Waals surface area contributed by atoms with E-state index in [9.17, 15) is 4.79 Å². The summed E-state index contributed by atoms with van der Waals surface area (Å²) in [5, 5.41) is 8.09. The van der Waals surface area contributed by atoms with E-state index >= 15 is 0 Å². The molecule has 126 valence electrons. The fourth-order valence-corrected chi connectivity index (χ4v) is 2.60. The Morgan fingerprint density at radius 3 is 2.88 bits per heavy atom. The molecule has 0 aliphatic carbocycles. The lowest BCUT2D eigenvalue weighted by Crippen LogP contribution is -2.16. The molecule has 1 aromatic carbocycles. The van der Waals surface area contributed by atoms with E-state index in [1.807, 2.05) is 39.8 Å². The lowest BCUT2D eigenvalue weighted by atomic mass is 10.1. The van der Waals surface area contributed by atoms with Crippen LogP contribution in [0.3, 0.4) is 0 Å². The topological polar surface area (TPSA) is 69.3 Å². The first kappa shape index (κ1) is 16.1. The van der Waals surface area contributed by atoms with Gasteiger partial charge in [0, 0.05) is 18.2 Å². The average Bonchev–Trinajstić information content (AvgIpc) is 3.12. The molecule has 0 fully saturated rings. The zero-order chi connectivity index (χ0) is 17.3. The predicted octanol–water partition coefficient (Wildman–Crippen LogP) is 4.00. The largest absolute Gasteiger partial charge is 0.490 e. The second-order valence-electron chi connectivity index (χ2n) is 5.91. The van der Waals surface area contributed by atoms with E-state index in [1.54, 1.807) is 23.1 Å². The molecule has 0 spiro atoms. The van der Waals surface area contributed by atoms with Crippen LogP contribution in [0.15, 0.2) is 34.9 Å². The highest BCUT2D eigenvalue weighted by Gasteiger charge is 2.16. The number of ether oxygens (including phenoxy) is 1. The zero-order valence-corrected chi connectivity index (χ0v) is 14.3. The highest BCUT2D eigenvalue weighted by molar-refractivity contribution is 6.06. The number of aromatic nitrogens is 2. The molecule has 6 nitrogen and oxygen atoms in total. The van der Waals surface area contributed by atoms with Crippen molar-refractivity contribution >= 4 is 22.7 Å². The Morgan fingerprint density at radius 2 is 2.17 bits per heavy atom. The Balaban J connectivity index is 1.94. The van der Waals surface area contributed by atoms with E-state index in [4.69, 9.17) is 9.15 Å². The summed E-state index contributed by atoms with van der Waals surface area (Å²) in [7, 11) is 0. The first-order chi connectivity index (χ1) is 11.5. The standard InChI is InChI=1S/C18H21N3O3/c1-5-21-17(8-12(4)20-21)19-18(22)13-9-15-14(6-7-23-15)16(10-13)24-11(2)3/h6-11H,5H2,1-4H3,(H,19,22). The summed E-state index contributed by atoms with van der Waals surface area (Å²) in [5.74, 6) is 1.09. The normalized spacial score (nSPS) is 11.2. The molecule has 2 aromatic heterocycles. The molecule has 0 aliphatic rings. The van der Waals surface area contributed by atoms with Crippen molar-refractivity contribution in [1.82, 2.24) is 9.78 Å². The number of rotatable bonds is 5. The summed E-state index contributed by atoms with van der Waals surface area (Å²) in [6.45, 7) is 8.45. The number of nitrogens with one attached hydrogen (secondary N) is 1. The number of nitrogens with zero attached hydrogens (tertiary/aromatic N) is 2. The van der Waals surface area contributed by atoms with E-state index in [2.05, 4.69) is 10.4 Å². The van der Waals surface area contributed by atoms with Crippen LogP contribution in [-0.4, -0.2) is 21.8 Å². The van der Waals surface area contributed by atoms with Gasteiger partial charge in [-0.15, -0.1) is 0 Å². The van der Waals surface area contributed by atoms with Crippen molar-refractivity contribution in [3.63, 3.8) is 0 Å². The van der Waals surface area contributed by atoms with Crippen molar-refractivity contribution in [3.05, 3.63) is 41.8 Å². The van der Waals surface area contributed by atoms with Gasteiger partial charge in [-0.3, -0.25) is 4.79 Å². The van der Waals surface area contributed by atoms with Gasteiger partial charge in [-0.25, -0.2) is 4.68 Å². The number of hydrogen-bond acceptors (Lipinski definition) is 4. The monoisotopic (exact) mass is 327 g/mol. The number of carbonyl (C=O) groups excluding carboxylic acids is 1. The highest BCUT2D eigenvalue weighted by Crippen LogP contribution is 2.30. The number of anilines is 1. The molecule has 0 unspecified atom stereocenters. The Kier molecular flexibility index (Phi) is 4.29. The van der Waals surface area contributed by atoms with E-state index in [0.717, 1.165) is 11.1 Å². The fourth-order valence-electron chi connectivity index (χ4n) is 2.60. The summed E-state index contributed by atoms with van der Waals surface area (Å²) in [6.07, 6.45) is 1.60. The van der Waals surface area contributed by atoms with Crippen molar-refractivity contribution in [2.75, 3.05) is 5.32 Å². The molecule has 3 aromatic rings. The van der Waals surface area contributed by atoms with Crippen molar-refractivity contribution in [3.8, 4) is 5.75 Å². The molecule has 0 aliphatic heterocycles. The van der Waals surface area contributed by atoms with E-state index in [0.29, 0.717) is 29.3 Å². The van der Waals surface area contributed by atoms with Gasteiger partial charge in [0.25, 0.3) is 5.91 Å². The molecule has 6 heteroatoms. The molecule has 1 amide bonds. The van der Waals surface area contributed by atoms with E-state index in [-0.39, 0.29) is 12.0 Å². The molecule has 24 heavy (non-hydrogen) atoms. The van der Waals surface area contributed by atoms with Gasteiger partial charge in [0.05, 0.1) is 23.4 Å². The maximum atomic E-state index is 12.6. The summed E-state index contributed by atoms with van der Waals surface area (Å²) in [6, 6.07) is 7.15. The SMILES string of the molecule is CCn1nc(C)cc1NC(=O)c1cc(OC(C)C)c2ccoc2c1. The van der Waals surface area contributed by atoms with Gasteiger partial charge in [-0.1, -0.05) is 0 Å². The van der Waals surface area contributed by atoms with Crippen LogP contribution >= 0.6 is 0 Å². The first-order valence-corrected chi connectivity index (χ1v) is 8.01. The smallest absolute Gasteiger partial charge is 0.257 e. The Hall–Kier alpha value is -2.76. The third-order valence-corrected chi connectivity index (χ3v) is 3.60. The van der Waals surface area contributed by atoms with Crippen molar-refractivity contribution in [2.24, 2.45) is 0 Å². The summed E-state index contributed by atoms with van der Waals surface area (Å²) < 4.78 is 13.0. The van der Waals surface area contributed by atoms with Crippen molar-refractivity contribution in [1.29, 1.82) is 0 Å². The number of amides is 1. The average molecular weight is 327 g/mol. The van der Waals surface area contributed by atoms with Gasteiger partial charge in [-0.2, -0.15) is 5.10 Å². The molecular formula is C18H21N3O3. The van der Waals surface area contributed by atoms with Gasteiger partial charge < -0.3 is 14.5 Å². The number of hydrogen-bond donors (Lipinski definition) is 1. The van der Waals surface area contributed by atoms with Crippen LogP contribution < -0.4 is 10.1 Å². The van der Waals surface area contributed by atoms with Gasteiger partial charge in [0.2, 0.25) is 0 Å². The summed E-state index contributed by atoms with van der Waals surface area (Å²) in [4.78, 5) is 12.6. The van der Waals surface area contributed by atoms with Crippen LogP contribution in [-0.2, 0) is 6.54 Å². The lowest BCUT2D eigenvalue weighted by Gasteiger charge is -2.12. The maximum Gasteiger partial charge on any atom is 0.257 e. The predicted molar refractivity (Wildman–Crippen MR) is 92.6 cm³/mol. The molecule has 0 saturated heterocycles. The van der Waals surface area contributed by atoms with Crippen molar-refractivity contribution in [2.45, 2.75) is 40.3 Å². The quantitative estimate of drug-likeness (QED) is 0.769. The Bertz CT molecular complexity index is 877. The van der Waals surface area contributed by atoms with Crippen molar-refractivity contribution < 1.29 is 13.9 Å². The molecule has 0 atom stereocenters. The van der Waals surface area contributed by atoms with Gasteiger partial charge in [-0.05, 0) is 45.9 Å². The minimum Gasteiger partial charge on any atom is -0.490 e. The Labute approximate surface area is 140 Å². The molecule has 0 radical (unpaired) electrons. The van der Waals surface area contributed by atoms with Crippen LogP contribution in [0.25, 0.3) is 11.0 Å². The summed E-state index contributed by atoms with van der Waals surface area (Å²) in [5.41, 5.74) is 1.96. The van der Waals surface area contributed by atoms with Crippen LogP contribution in [0.5, 0.6) is 5.75 Å². The number of furan rings is 1. The third-order valence-electron chi connectivity index (χ3n) is 3.60. The number of benzene rings is 1. The number of carbonyl (C=O) groups is 1. The van der Waals surface area contributed by atoms with Crippen LogP contribution in [0, 0.1) is 6.92 Å². The van der Waals surface area contributed by atoms with Gasteiger partial charge >= 0.3 is 0 Å². The second-order valence-corrected chi connectivity index (χ2v) is 5.91. The van der Waals surface area contributed by atoms with Crippen LogP contribution in [0.4, 0.5) is 5.82 Å². The fraction of sp³-hybridized carbons (Fsp3) is 0.333. The Morgan fingerprint density at radius 1 is 1.38 bits per heavy atom. The number of aryl methyl sites for hydroxylation is 2. The molecule has 3 rings (SSSR count). The minimum atomic E-state index is -0.225. The molecular weight excluding hydrogens is 306 g/mol. The van der Waals surface area contributed by atoms with E-state index in [1.165, 1.54) is 0 Å². The van der Waals surface area contributed by atoms with Gasteiger partial charge in [0.15, 0.2) is 0 Å². The van der Waals surface area contributed by atoms with Gasteiger partial charge in [0.1, 0.15) is 17.2 Å². The lowest BCUT2D eigenvalue weighted by molar-refractivity contribution is 0.102. The molecule has 0 bridgehead atoms. The zero-order valence-electron chi connectivity index (χ0n) is 14.3. The highest BCUT2D eigenvalue weighted by atomic mass is 16.5. The molecule has 2 heterocycles. The molecule has 1 N–H and O–H groups in total. The minimum absolute atomic E-state index is 0.00517. The maximum absolute atomic E-state index is 12.6. The van der Waals surface area contributed by atoms with Crippen LogP contribution in [0.2, 0.25) is 0 Å². The summed E-state index contributed by atoms with van der Waals surface area (Å²) >= 11 is 0. The first-order valence-electron chi connectivity index (χ1n) is 8.01.